The molecule has 1 amide bonds. The van der Waals surface area contributed by atoms with Crippen molar-refractivity contribution in [2.24, 2.45) is 0 Å². The lowest BCUT2D eigenvalue weighted by Gasteiger charge is -2.12. The number of nitrogens with zero attached hydrogens (tertiary/aromatic N) is 1. The first kappa shape index (κ1) is 20.6. The van der Waals surface area contributed by atoms with Crippen LogP contribution < -0.4 is 14.8 Å². The van der Waals surface area contributed by atoms with Gasteiger partial charge in [-0.15, -0.1) is 0 Å². The summed E-state index contributed by atoms with van der Waals surface area (Å²) in [5, 5.41) is 2.78. The Labute approximate surface area is 174 Å². The van der Waals surface area contributed by atoms with Gasteiger partial charge in [0.2, 0.25) is 0 Å². The Morgan fingerprint density at radius 3 is 2.60 bits per heavy atom. The Kier molecular flexibility index (Phi) is 6.80. The van der Waals surface area contributed by atoms with E-state index in [1.54, 1.807) is 36.5 Å². The predicted molar refractivity (Wildman–Crippen MR) is 114 cm³/mol. The van der Waals surface area contributed by atoms with E-state index in [1.165, 1.54) is 14.0 Å². The Morgan fingerprint density at radius 1 is 1.00 bits per heavy atom. The van der Waals surface area contributed by atoms with Crippen LogP contribution in [0.4, 0.5) is 5.69 Å². The van der Waals surface area contributed by atoms with Crippen molar-refractivity contribution in [1.29, 1.82) is 0 Å². The van der Waals surface area contributed by atoms with Gasteiger partial charge >= 0.3 is 0 Å². The number of carbonyl (C=O) groups excluding carboxylic acids is 2. The lowest BCUT2D eigenvalue weighted by Crippen LogP contribution is -2.20. The summed E-state index contributed by atoms with van der Waals surface area (Å²) < 4.78 is 10.8. The van der Waals surface area contributed by atoms with Crippen molar-refractivity contribution in [3.8, 4) is 23.3 Å². The zero-order valence-corrected chi connectivity index (χ0v) is 16.6. The smallest absolute Gasteiger partial charge is 0.262 e. The van der Waals surface area contributed by atoms with Gasteiger partial charge in [-0.25, -0.2) is 4.98 Å². The zero-order chi connectivity index (χ0) is 21.3. The number of aromatic nitrogens is 1. The second kappa shape index (κ2) is 9.89. The van der Waals surface area contributed by atoms with Crippen molar-refractivity contribution in [3.63, 3.8) is 0 Å². The molecule has 0 fully saturated rings. The Morgan fingerprint density at radius 2 is 1.87 bits per heavy atom. The van der Waals surface area contributed by atoms with Crippen molar-refractivity contribution in [3.05, 3.63) is 83.7 Å². The number of pyridine rings is 1. The van der Waals surface area contributed by atoms with Gasteiger partial charge in [-0.1, -0.05) is 18.1 Å². The molecule has 0 aliphatic carbocycles. The molecule has 0 radical (unpaired) electrons. The molecule has 3 rings (SSSR count). The lowest BCUT2D eigenvalue weighted by atomic mass is 10.1. The topological polar surface area (TPSA) is 77.5 Å². The van der Waals surface area contributed by atoms with Crippen LogP contribution in [0.2, 0.25) is 0 Å². The normalized spacial score (nSPS) is 9.80. The summed E-state index contributed by atoms with van der Waals surface area (Å²) >= 11 is 0. The minimum absolute atomic E-state index is 0.0800. The van der Waals surface area contributed by atoms with Crippen molar-refractivity contribution >= 4 is 17.4 Å². The fourth-order valence-corrected chi connectivity index (χ4v) is 2.59. The van der Waals surface area contributed by atoms with Gasteiger partial charge in [0.1, 0.15) is 5.69 Å². The third kappa shape index (κ3) is 5.69. The number of benzene rings is 2. The van der Waals surface area contributed by atoms with E-state index in [-0.39, 0.29) is 18.3 Å². The maximum atomic E-state index is 12.3. The van der Waals surface area contributed by atoms with E-state index in [0.717, 1.165) is 5.56 Å². The molecule has 0 bridgehead atoms. The monoisotopic (exact) mass is 400 g/mol. The van der Waals surface area contributed by atoms with E-state index < -0.39 is 0 Å². The van der Waals surface area contributed by atoms with Gasteiger partial charge in [0, 0.05) is 23.0 Å². The summed E-state index contributed by atoms with van der Waals surface area (Å²) in [6.45, 7) is 1.26. The first-order chi connectivity index (χ1) is 14.5. The number of ether oxygens (including phenoxy) is 2. The SMILES string of the molecule is COc1cc(C(C)=O)ccc1OCC(=O)Nc1cccc(C#Cc2ccccn2)c1. The summed E-state index contributed by atoms with van der Waals surface area (Å²) in [6.07, 6.45) is 1.68. The van der Waals surface area contributed by atoms with E-state index in [2.05, 4.69) is 22.1 Å². The Hall–Kier alpha value is -4.11. The van der Waals surface area contributed by atoms with Crippen molar-refractivity contribution in [2.75, 3.05) is 19.0 Å². The molecule has 6 nitrogen and oxygen atoms in total. The average Bonchev–Trinajstić information content (AvgIpc) is 2.77. The van der Waals surface area contributed by atoms with Crippen LogP contribution in [0.15, 0.2) is 66.9 Å². The standard InChI is InChI=1S/C24H20N2O4/c1-17(27)19-10-12-22(23(15-19)29-2)30-16-24(28)26-21-8-5-6-18(14-21)9-11-20-7-3-4-13-25-20/h3-8,10,12-15H,16H2,1-2H3,(H,26,28). The minimum Gasteiger partial charge on any atom is -0.493 e. The summed E-state index contributed by atoms with van der Waals surface area (Å²) in [5.74, 6) is 6.36. The van der Waals surface area contributed by atoms with Crippen molar-refractivity contribution in [1.82, 2.24) is 4.98 Å². The molecular formula is C24H20N2O4. The van der Waals surface area contributed by atoms with Crippen LogP contribution >= 0.6 is 0 Å². The fraction of sp³-hybridized carbons (Fsp3) is 0.125. The number of rotatable bonds is 6. The van der Waals surface area contributed by atoms with Gasteiger partial charge in [-0.3, -0.25) is 9.59 Å². The summed E-state index contributed by atoms with van der Waals surface area (Å²) in [5.41, 5.74) is 2.54. The Bertz CT molecular complexity index is 1110. The number of anilines is 1. The average molecular weight is 400 g/mol. The predicted octanol–water partition coefficient (Wildman–Crippen LogP) is 3.71. The zero-order valence-electron chi connectivity index (χ0n) is 16.6. The van der Waals surface area contributed by atoms with E-state index >= 15 is 0 Å². The fourth-order valence-electron chi connectivity index (χ4n) is 2.59. The molecule has 0 atom stereocenters. The highest BCUT2D eigenvalue weighted by atomic mass is 16.5. The Balaban J connectivity index is 1.62. The highest BCUT2D eigenvalue weighted by molar-refractivity contribution is 5.95. The molecule has 1 N–H and O–H groups in total. The quantitative estimate of drug-likeness (QED) is 0.504. The van der Waals surface area contributed by atoms with Crippen LogP contribution in [-0.4, -0.2) is 30.4 Å². The van der Waals surface area contributed by atoms with E-state index in [0.29, 0.717) is 28.4 Å². The number of ketones is 1. The van der Waals surface area contributed by atoms with Gasteiger partial charge < -0.3 is 14.8 Å². The second-order valence-corrected chi connectivity index (χ2v) is 6.30. The largest absolute Gasteiger partial charge is 0.493 e. The maximum absolute atomic E-state index is 12.3. The number of hydrogen-bond donors (Lipinski definition) is 1. The number of hydrogen-bond acceptors (Lipinski definition) is 5. The van der Waals surface area contributed by atoms with Gasteiger partial charge in [-0.2, -0.15) is 0 Å². The number of methoxy groups -OCH3 is 1. The summed E-state index contributed by atoms with van der Waals surface area (Å²) in [6, 6.07) is 17.5. The molecule has 1 aromatic heterocycles. The molecule has 0 saturated carbocycles. The third-order valence-electron chi connectivity index (χ3n) is 4.08. The molecule has 0 spiro atoms. The molecule has 2 aromatic carbocycles. The highest BCUT2D eigenvalue weighted by Gasteiger charge is 2.10. The molecule has 0 aliphatic heterocycles. The molecule has 0 unspecified atom stereocenters. The molecule has 1 heterocycles. The van der Waals surface area contributed by atoms with Gasteiger partial charge in [0.05, 0.1) is 7.11 Å². The van der Waals surface area contributed by atoms with Crippen molar-refractivity contribution < 1.29 is 19.1 Å². The molecule has 0 saturated heterocycles. The second-order valence-electron chi connectivity index (χ2n) is 6.30. The number of nitrogens with one attached hydrogen (secondary N) is 1. The molecule has 3 aromatic rings. The molecule has 0 aliphatic rings. The third-order valence-corrected chi connectivity index (χ3v) is 4.08. The summed E-state index contributed by atoms with van der Waals surface area (Å²) in [7, 11) is 1.48. The van der Waals surface area contributed by atoms with Gasteiger partial charge in [0.25, 0.3) is 5.91 Å². The van der Waals surface area contributed by atoms with Gasteiger partial charge in [-0.05, 0) is 61.4 Å². The number of carbonyl (C=O) groups is 2. The van der Waals surface area contributed by atoms with Crippen LogP contribution in [-0.2, 0) is 4.79 Å². The van der Waals surface area contributed by atoms with Crippen LogP contribution in [0, 0.1) is 11.8 Å². The minimum atomic E-state index is -0.331. The molecule has 6 heteroatoms. The molecule has 150 valence electrons. The number of Topliss-reactive ketones (excluding diaryl/α,β-unsaturated/α-hetero) is 1. The first-order valence-electron chi connectivity index (χ1n) is 9.20. The van der Waals surface area contributed by atoms with E-state index in [9.17, 15) is 9.59 Å². The summed E-state index contributed by atoms with van der Waals surface area (Å²) in [4.78, 5) is 27.9. The van der Waals surface area contributed by atoms with Crippen LogP contribution in [0.5, 0.6) is 11.5 Å². The van der Waals surface area contributed by atoms with E-state index in [4.69, 9.17) is 9.47 Å². The van der Waals surface area contributed by atoms with Gasteiger partial charge in [0.15, 0.2) is 23.9 Å². The number of amides is 1. The maximum Gasteiger partial charge on any atom is 0.262 e. The molecular weight excluding hydrogens is 380 g/mol. The first-order valence-corrected chi connectivity index (χ1v) is 9.20. The van der Waals surface area contributed by atoms with Crippen LogP contribution in [0.1, 0.15) is 28.5 Å². The van der Waals surface area contributed by atoms with E-state index in [1.807, 2.05) is 30.3 Å². The highest BCUT2D eigenvalue weighted by Crippen LogP contribution is 2.28. The van der Waals surface area contributed by atoms with Crippen LogP contribution in [0.25, 0.3) is 0 Å². The van der Waals surface area contributed by atoms with Crippen LogP contribution in [0.3, 0.4) is 0 Å². The lowest BCUT2D eigenvalue weighted by molar-refractivity contribution is -0.118. The molecule has 30 heavy (non-hydrogen) atoms. The van der Waals surface area contributed by atoms with Crippen molar-refractivity contribution in [2.45, 2.75) is 6.92 Å².